The zero-order valence-corrected chi connectivity index (χ0v) is 29.5. The number of para-hydroxylation sites is 6. The summed E-state index contributed by atoms with van der Waals surface area (Å²) in [6.45, 7) is 8.66. The standard InChI is InChI=1S/C50H29N5/c1-52-49-35(32-14-10-16-34(30-32)53-41-23-6-4-19-38(41)39-22-11-15-33(31-51)50(39)53)21-12-29-47(49)55-44-26-9-5-20-40(44)48-45(27-13-28-46(48)55)54-42-24-7-2-17-36(42)37-18-3-8-25-43(37)54/h2-30H. The molecule has 0 saturated carbocycles. The third-order valence-electron chi connectivity index (χ3n) is 11.1. The molecular formula is C50H29N5. The molecule has 0 aliphatic rings. The van der Waals surface area contributed by atoms with Crippen LogP contribution in [0.2, 0.25) is 0 Å². The maximum atomic E-state index is 10.2. The predicted octanol–water partition coefficient (Wildman–Crippen LogP) is 13.1. The highest BCUT2D eigenvalue weighted by atomic mass is 15.0. The zero-order valence-electron chi connectivity index (χ0n) is 29.5. The van der Waals surface area contributed by atoms with Crippen molar-refractivity contribution in [2.75, 3.05) is 0 Å². The molecule has 0 amide bonds. The van der Waals surface area contributed by atoms with Gasteiger partial charge in [0.25, 0.3) is 0 Å². The smallest absolute Gasteiger partial charge is 0.218 e. The topological polar surface area (TPSA) is 42.9 Å². The van der Waals surface area contributed by atoms with Crippen LogP contribution in [0.3, 0.4) is 0 Å². The van der Waals surface area contributed by atoms with Gasteiger partial charge in [0.1, 0.15) is 6.07 Å². The first-order valence-corrected chi connectivity index (χ1v) is 18.3. The predicted molar refractivity (Wildman–Crippen MR) is 226 cm³/mol. The third kappa shape index (κ3) is 4.33. The molecule has 5 nitrogen and oxygen atoms in total. The van der Waals surface area contributed by atoms with Gasteiger partial charge in [0, 0.05) is 38.0 Å². The van der Waals surface area contributed by atoms with Crippen molar-refractivity contribution in [3.05, 3.63) is 193 Å². The molecular weight excluding hydrogens is 671 g/mol. The first kappa shape index (κ1) is 30.7. The lowest BCUT2D eigenvalue weighted by Gasteiger charge is -2.15. The van der Waals surface area contributed by atoms with Crippen molar-refractivity contribution < 1.29 is 0 Å². The van der Waals surface area contributed by atoms with E-state index in [0.29, 0.717) is 11.3 Å². The second kappa shape index (κ2) is 11.8. The fourth-order valence-corrected chi connectivity index (χ4v) is 8.88. The number of benzene rings is 8. The van der Waals surface area contributed by atoms with Crippen LogP contribution in [0.15, 0.2) is 176 Å². The highest BCUT2D eigenvalue weighted by Crippen LogP contribution is 2.44. The van der Waals surface area contributed by atoms with E-state index in [4.69, 9.17) is 6.57 Å². The molecule has 0 aliphatic heterocycles. The molecule has 0 N–H and O–H groups in total. The van der Waals surface area contributed by atoms with Crippen LogP contribution in [-0.2, 0) is 0 Å². The monoisotopic (exact) mass is 699 g/mol. The van der Waals surface area contributed by atoms with Gasteiger partial charge in [-0.3, -0.25) is 0 Å². The van der Waals surface area contributed by atoms with Gasteiger partial charge in [-0.2, -0.15) is 5.26 Å². The Bertz CT molecular complexity index is 3420. The van der Waals surface area contributed by atoms with Gasteiger partial charge in [-0.1, -0.05) is 115 Å². The van der Waals surface area contributed by atoms with Gasteiger partial charge in [-0.15, -0.1) is 0 Å². The van der Waals surface area contributed by atoms with Crippen LogP contribution in [0, 0.1) is 17.9 Å². The highest BCUT2D eigenvalue weighted by Gasteiger charge is 2.22. The number of nitrogens with zero attached hydrogens (tertiary/aromatic N) is 5. The summed E-state index contributed by atoms with van der Waals surface area (Å²) in [6, 6.07) is 63.3. The van der Waals surface area contributed by atoms with E-state index >= 15 is 0 Å². The average molecular weight is 700 g/mol. The Balaban J connectivity index is 1.15. The van der Waals surface area contributed by atoms with Gasteiger partial charge in [0.15, 0.2) is 0 Å². The number of hydrogen-bond donors (Lipinski definition) is 0. The van der Waals surface area contributed by atoms with Crippen molar-refractivity contribution in [1.82, 2.24) is 13.7 Å². The maximum Gasteiger partial charge on any atom is 0.218 e. The van der Waals surface area contributed by atoms with Crippen molar-refractivity contribution in [3.63, 3.8) is 0 Å². The van der Waals surface area contributed by atoms with E-state index in [1.807, 2.05) is 36.4 Å². The van der Waals surface area contributed by atoms with Gasteiger partial charge in [-0.25, -0.2) is 4.85 Å². The van der Waals surface area contributed by atoms with Crippen LogP contribution < -0.4 is 0 Å². The molecule has 5 heteroatoms. The van der Waals surface area contributed by atoms with Gasteiger partial charge >= 0.3 is 0 Å². The third-order valence-corrected chi connectivity index (χ3v) is 11.1. The van der Waals surface area contributed by atoms with Crippen LogP contribution in [0.25, 0.3) is 98.5 Å². The molecule has 11 rings (SSSR count). The molecule has 0 atom stereocenters. The minimum Gasteiger partial charge on any atom is -0.319 e. The Morgan fingerprint density at radius 3 is 1.65 bits per heavy atom. The molecule has 0 fully saturated rings. The number of fused-ring (bicyclic) bond motifs is 9. The lowest BCUT2D eigenvalue weighted by Crippen LogP contribution is -1.98. The van der Waals surface area contributed by atoms with Crippen molar-refractivity contribution in [2.45, 2.75) is 0 Å². The van der Waals surface area contributed by atoms with E-state index in [1.165, 1.54) is 10.8 Å². The van der Waals surface area contributed by atoms with Crippen molar-refractivity contribution in [2.24, 2.45) is 0 Å². The molecule has 8 aromatic carbocycles. The maximum absolute atomic E-state index is 10.2. The van der Waals surface area contributed by atoms with Crippen molar-refractivity contribution in [3.8, 4) is 34.3 Å². The second-order valence-electron chi connectivity index (χ2n) is 13.9. The van der Waals surface area contributed by atoms with E-state index in [-0.39, 0.29) is 0 Å². The lowest BCUT2D eigenvalue weighted by atomic mass is 10.0. The summed E-state index contributed by atoms with van der Waals surface area (Å²) >= 11 is 0. The van der Waals surface area contributed by atoms with Crippen molar-refractivity contribution in [1.29, 1.82) is 5.26 Å². The number of nitriles is 1. The molecule has 0 saturated heterocycles. The zero-order chi connectivity index (χ0) is 36.6. The quantitative estimate of drug-likeness (QED) is 0.169. The lowest BCUT2D eigenvalue weighted by molar-refractivity contribution is 1.17. The minimum absolute atomic E-state index is 0.574. The Hall–Kier alpha value is -7.86. The summed E-state index contributed by atoms with van der Waals surface area (Å²) in [5.41, 5.74) is 12.1. The largest absolute Gasteiger partial charge is 0.319 e. The molecule has 55 heavy (non-hydrogen) atoms. The van der Waals surface area contributed by atoms with Crippen LogP contribution in [0.4, 0.5) is 5.69 Å². The fourth-order valence-electron chi connectivity index (χ4n) is 8.88. The SMILES string of the molecule is [C-]#[N+]c1c(-c2cccc(-n3c4ccccc4c4cccc(C#N)c43)c2)cccc1-n1c2ccccc2c2c(-n3c4ccccc4c4ccccc43)cccc21. The average Bonchev–Trinajstić information content (AvgIpc) is 3.89. The normalized spacial score (nSPS) is 11.6. The highest BCUT2D eigenvalue weighted by molar-refractivity contribution is 6.17. The molecule has 0 bridgehead atoms. The summed E-state index contributed by atoms with van der Waals surface area (Å²) in [5.74, 6) is 0. The summed E-state index contributed by atoms with van der Waals surface area (Å²) in [6.07, 6.45) is 0. The molecule has 254 valence electrons. The molecule has 0 radical (unpaired) electrons. The Morgan fingerprint density at radius 1 is 0.455 bits per heavy atom. The van der Waals surface area contributed by atoms with Crippen LogP contribution in [0.5, 0.6) is 0 Å². The fraction of sp³-hybridized carbons (Fsp3) is 0. The van der Waals surface area contributed by atoms with E-state index < -0.39 is 0 Å². The van der Waals surface area contributed by atoms with Crippen molar-refractivity contribution >= 4 is 71.1 Å². The van der Waals surface area contributed by atoms with Crippen LogP contribution in [-0.4, -0.2) is 13.7 Å². The minimum atomic E-state index is 0.574. The molecule has 0 unspecified atom stereocenters. The Labute approximate surface area is 316 Å². The number of rotatable bonds is 4. The first-order valence-electron chi connectivity index (χ1n) is 18.3. The summed E-state index contributed by atoms with van der Waals surface area (Å²) in [4.78, 5) is 4.26. The summed E-state index contributed by atoms with van der Waals surface area (Å²) in [7, 11) is 0. The van der Waals surface area contributed by atoms with Gasteiger partial charge in [0.2, 0.25) is 5.69 Å². The summed E-state index contributed by atoms with van der Waals surface area (Å²) in [5, 5.41) is 17.0. The number of aromatic nitrogens is 3. The van der Waals surface area contributed by atoms with E-state index in [9.17, 15) is 5.26 Å². The molecule has 3 aromatic heterocycles. The van der Waals surface area contributed by atoms with Crippen LogP contribution >= 0.6 is 0 Å². The molecule has 11 aromatic rings. The number of hydrogen-bond acceptors (Lipinski definition) is 1. The molecule has 0 spiro atoms. The second-order valence-corrected chi connectivity index (χ2v) is 13.9. The Kier molecular flexibility index (Phi) is 6.61. The molecule has 3 heterocycles. The summed E-state index contributed by atoms with van der Waals surface area (Å²) < 4.78 is 6.82. The molecule has 0 aliphatic carbocycles. The van der Waals surface area contributed by atoms with Gasteiger partial charge < -0.3 is 13.7 Å². The van der Waals surface area contributed by atoms with E-state index in [0.717, 1.165) is 82.8 Å². The van der Waals surface area contributed by atoms with Crippen LogP contribution in [0.1, 0.15) is 5.56 Å². The van der Waals surface area contributed by atoms with E-state index in [2.05, 4.69) is 164 Å². The van der Waals surface area contributed by atoms with Gasteiger partial charge in [0.05, 0.1) is 56.6 Å². The Morgan fingerprint density at radius 2 is 0.964 bits per heavy atom. The van der Waals surface area contributed by atoms with Gasteiger partial charge in [-0.05, 0) is 71.8 Å². The van der Waals surface area contributed by atoms with E-state index in [1.54, 1.807) is 0 Å². The first-order chi connectivity index (χ1) is 27.2.